The zero-order valence-corrected chi connectivity index (χ0v) is 16.9. The Morgan fingerprint density at radius 3 is 2.90 bits per heavy atom. The Balaban J connectivity index is 1.60. The van der Waals surface area contributed by atoms with Crippen molar-refractivity contribution >= 4 is 17.4 Å². The number of aryl methyl sites for hydroxylation is 1. The van der Waals surface area contributed by atoms with Crippen LogP contribution in [0.1, 0.15) is 45.6 Å². The molecule has 30 heavy (non-hydrogen) atoms. The molecule has 5 nitrogen and oxygen atoms in total. The average Bonchev–Trinajstić information content (AvgIpc) is 3.15. The van der Waals surface area contributed by atoms with E-state index in [9.17, 15) is 9.18 Å². The number of aliphatic hydroxyl groups is 1. The van der Waals surface area contributed by atoms with Crippen molar-refractivity contribution in [1.29, 1.82) is 0 Å². The molecule has 0 radical (unpaired) electrons. The Hall–Kier alpha value is -3.12. The minimum atomic E-state index is -0.244. The molecule has 0 atom stereocenters. The van der Waals surface area contributed by atoms with Crippen LogP contribution in [0.25, 0.3) is 0 Å². The summed E-state index contributed by atoms with van der Waals surface area (Å²) in [5.41, 5.74) is 5.24. The van der Waals surface area contributed by atoms with Crippen LogP contribution in [-0.4, -0.2) is 34.0 Å². The molecule has 3 aromatic rings. The zero-order chi connectivity index (χ0) is 21.1. The zero-order valence-electron chi connectivity index (χ0n) is 16.9. The van der Waals surface area contributed by atoms with Gasteiger partial charge in [-0.2, -0.15) is 0 Å². The number of Topliss-reactive ketones (excluding diaryl/α,β-unsaturated/α-hetero) is 1. The van der Waals surface area contributed by atoms with Gasteiger partial charge in [0.25, 0.3) is 0 Å². The van der Waals surface area contributed by atoms with Crippen LogP contribution in [0, 0.1) is 12.7 Å². The molecular formula is C24H24FN3O2. The van der Waals surface area contributed by atoms with Crippen molar-refractivity contribution in [3.63, 3.8) is 0 Å². The number of carbonyl (C=O) groups is 1. The lowest BCUT2D eigenvalue weighted by Crippen LogP contribution is -2.17. The third kappa shape index (κ3) is 4.24. The van der Waals surface area contributed by atoms with Crippen LogP contribution in [-0.2, 0) is 12.8 Å². The van der Waals surface area contributed by atoms with Gasteiger partial charge in [-0.3, -0.25) is 4.79 Å². The fourth-order valence-electron chi connectivity index (χ4n) is 4.01. The lowest BCUT2D eigenvalue weighted by molar-refractivity contribution is 0.0970. The number of halogens is 1. The first kappa shape index (κ1) is 20.2. The van der Waals surface area contributed by atoms with Gasteiger partial charge in [-0.1, -0.05) is 18.2 Å². The Kier molecular flexibility index (Phi) is 5.86. The Morgan fingerprint density at radius 2 is 2.10 bits per heavy atom. The second-order valence-electron chi connectivity index (χ2n) is 7.62. The molecule has 1 aliphatic heterocycles. The number of benzene rings is 2. The maximum atomic E-state index is 13.7. The number of carbonyl (C=O) groups excluding carboxylic acids is 1. The molecule has 0 amide bonds. The Bertz CT molecular complexity index is 1060. The molecule has 2 aromatic carbocycles. The predicted molar refractivity (Wildman–Crippen MR) is 114 cm³/mol. The van der Waals surface area contributed by atoms with Crippen LogP contribution in [0.3, 0.4) is 0 Å². The predicted octanol–water partition coefficient (Wildman–Crippen LogP) is 4.16. The summed E-state index contributed by atoms with van der Waals surface area (Å²) in [6, 6.07) is 12.6. The number of aromatic nitrogens is 2. The molecule has 1 N–H and O–H groups in total. The summed E-state index contributed by atoms with van der Waals surface area (Å²) in [6.45, 7) is 2.58. The van der Waals surface area contributed by atoms with E-state index in [4.69, 9.17) is 10.1 Å². The van der Waals surface area contributed by atoms with E-state index >= 15 is 0 Å². The van der Waals surface area contributed by atoms with Crippen LogP contribution in [0.2, 0.25) is 0 Å². The SMILES string of the molecule is Cc1cc(F)cc(Cc2ccnc(N3CCc4c(C(=O)CCCO)cccc43)n2)c1. The van der Waals surface area contributed by atoms with Crippen molar-refractivity contribution in [3.05, 3.63) is 82.4 Å². The summed E-state index contributed by atoms with van der Waals surface area (Å²) >= 11 is 0. The molecule has 1 aliphatic rings. The highest BCUT2D eigenvalue weighted by atomic mass is 19.1. The first-order valence-corrected chi connectivity index (χ1v) is 10.2. The highest BCUT2D eigenvalue weighted by Crippen LogP contribution is 2.35. The standard InChI is InChI=1S/C24H24FN3O2/c1-16-12-17(14-18(25)13-16)15-19-7-9-26-24(27-19)28-10-8-20-21(4-2-5-22(20)28)23(30)6-3-11-29/h2,4-5,7,9,12-14,29H,3,6,8,10-11,15H2,1H3. The monoisotopic (exact) mass is 405 g/mol. The van der Waals surface area contributed by atoms with E-state index in [-0.39, 0.29) is 18.2 Å². The van der Waals surface area contributed by atoms with Crippen molar-refractivity contribution in [2.75, 3.05) is 18.1 Å². The smallest absolute Gasteiger partial charge is 0.230 e. The van der Waals surface area contributed by atoms with E-state index in [2.05, 4.69) is 4.98 Å². The molecule has 0 saturated heterocycles. The Morgan fingerprint density at radius 1 is 1.23 bits per heavy atom. The van der Waals surface area contributed by atoms with Crippen molar-refractivity contribution in [2.45, 2.75) is 32.6 Å². The summed E-state index contributed by atoms with van der Waals surface area (Å²) in [5, 5.41) is 9.01. The minimum absolute atomic E-state index is 0.0123. The fraction of sp³-hybridized carbons (Fsp3) is 0.292. The summed E-state index contributed by atoms with van der Waals surface area (Å²) in [4.78, 5) is 23.7. The van der Waals surface area contributed by atoms with Gasteiger partial charge in [0.2, 0.25) is 5.95 Å². The lowest BCUT2D eigenvalue weighted by Gasteiger charge is -2.18. The van der Waals surface area contributed by atoms with E-state index in [0.29, 0.717) is 31.8 Å². The van der Waals surface area contributed by atoms with Crippen LogP contribution in [0.5, 0.6) is 0 Å². The average molecular weight is 405 g/mol. The number of ketones is 1. The van der Waals surface area contributed by atoms with E-state index in [1.807, 2.05) is 42.2 Å². The minimum Gasteiger partial charge on any atom is -0.396 e. The van der Waals surface area contributed by atoms with Gasteiger partial charge in [0.15, 0.2) is 5.78 Å². The second kappa shape index (κ2) is 8.71. The molecule has 0 spiro atoms. The first-order valence-electron chi connectivity index (χ1n) is 10.2. The van der Waals surface area contributed by atoms with E-state index in [1.54, 1.807) is 6.20 Å². The van der Waals surface area contributed by atoms with E-state index < -0.39 is 0 Å². The van der Waals surface area contributed by atoms with Crippen LogP contribution in [0.4, 0.5) is 16.0 Å². The molecule has 0 saturated carbocycles. The summed E-state index contributed by atoms with van der Waals surface area (Å²) < 4.78 is 13.7. The molecule has 1 aromatic heterocycles. The van der Waals surface area contributed by atoms with Crippen molar-refractivity contribution in [3.8, 4) is 0 Å². The van der Waals surface area contributed by atoms with Crippen LogP contribution in [0.15, 0.2) is 48.7 Å². The van der Waals surface area contributed by atoms with Crippen molar-refractivity contribution < 1.29 is 14.3 Å². The Labute approximate surface area is 175 Å². The highest BCUT2D eigenvalue weighted by molar-refractivity contribution is 5.99. The van der Waals surface area contributed by atoms with Gasteiger partial charge < -0.3 is 10.0 Å². The summed E-state index contributed by atoms with van der Waals surface area (Å²) in [7, 11) is 0. The van der Waals surface area contributed by atoms with Gasteiger partial charge in [0.1, 0.15) is 5.82 Å². The first-order chi connectivity index (χ1) is 14.5. The van der Waals surface area contributed by atoms with Gasteiger partial charge in [0.05, 0.1) is 5.69 Å². The number of aliphatic hydroxyl groups excluding tert-OH is 1. The molecule has 0 fully saturated rings. The number of nitrogens with zero attached hydrogens (tertiary/aromatic N) is 3. The molecule has 0 unspecified atom stereocenters. The second-order valence-corrected chi connectivity index (χ2v) is 7.62. The molecule has 4 rings (SSSR count). The maximum Gasteiger partial charge on any atom is 0.230 e. The molecule has 6 heteroatoms. The number of rotatable bonds is 7. The van der Waals surface area contributed by atoms with E-state index in [1.165, 1.54) is 12.1 Å². The third-order valence-electron chi connectivity index (χ3n) is 5.32. The topological polar surface area (TPSA) is 66.3 Å². The van der Waals surface area contributed by atoms with Crippen LogP contribution >= 0.6 is 0 Å². The number of fused-ring (bicyclic) bond motifs is 1. The molecular weight excluding hydrogens is 381 g/mol. The van der Waals surface area contributed by atoms with Gasteiger partial charge >= 0.3 is 0 Å². The number of hydrogen-bond acceptors (Lipinski definition) is 5. The fourth-order valence-corrected chi connectivity index (χ4v) is 4.01. The number of anilines is 2. The molecule has 0 bridgehead atoms. The summed E-state index contributed by atoms with van der Waals surface area (Å²) in [5.74, 6) is 0.393. The van der Waals surface area contributed by atoms with Crippen LogP contribution < -0.4 is 4.90 Å². The van der Waals surface area contributed by atoms with E-state index in [0.717, 1.165) is 40.1 Å². The lowest BCUT2D eigenvalue weighted by atomic mass is 9.99. The van der Waals surface area contributed by atoms with Gasteiger partial charge in [-0.05, 0) is 60.7 Å². The maximum absolute atomic E-state index is 13.7. The van der Waals surface area contributed by atoms with Gasteiger partial charge in [0, 0.05) is 43.4 Å². The van der Waals surface area contributed by atoms with Crippen molar-refractivity contribution in [2.24, 2.45) is 0 Å². The normalized spacial score (nSPS) is 12.8. The highest BCUT2D eigenvalue weighted by Gasteiger charge is 2.26. The largest absolute Gasteiger partial charge is 0.396 e. The van der Waals surface area contributed by atoms with Gasteiger partial charge in [-0.25, -0.2) is 14.4 Å². The third-order valence-corrected chi connectivity index (χ3v) is 5.32. The van der Waals surface area contributed by atoms with Crippen molar-refractivity contribution in [1.82, 2.24) is 9.97 Å². The molecule has 2 heterocycles. The van der Waals surface area contributed by atoms with Gasteiger partial charge in [-0.15, -0.1) is 0 Å². The summed E-state index contributed by atoms with van der Waals surface area (Å²) in [6.07, 6.45) is 3.79. The quantitative estimate of drug-likeness (QED) is 0.598. The number of hydrogen-bond donors (Lipinski definition) is 1. The molecule has 154 valence electrons. The molecule has 0 aliphatic carbocycles.